The molecule has 0 aliphatic rings. The van der Waals surface area contributed by atoms with E-state index in [1.807, 2.05) is 20.8 Å². The Bertz CT molecular complexity index is 466. The van der Waals surface area contributed by atoms with Crippen LogP contribution < -0.4 is 5.32 Å². The van der Waals surface area contributed by atoms with Crippen molar-refractivity contribution in [2.45, 2.75) is 39.8 Å². The van der Waals surface area contributed by atoms with E-state index in [-0.39, 0.29) is 6.09 Å². The molecular formula is C18H30N2O3. The number of nitrogens with zero attached hydrogens (tertiary/aromatic N) is 1. The number of ether oxygens (including phenoxy) is 2. The quantitative estimate of drug-likeness (QED) is 0.748. The van der Waals surface area contributed by atoms with Gasteiger partial charge in [0.2, 0.25) is 0 Å². The van der Waals surface area contributed by atoms with Crippen LogP contribution in [0, 0.1) is 6.92 Å². The van der Waals surface area contributed by atoms with Crippen LogP contribution >= 0.6 is 0 Å². The fourth-order valence-corrected chi connectivity index (χ4v) is 1.98. The molecule has 1 rings (SSSR count). The Morgan fingerprint density at radius 1 is 1.17 bits per heavy atom. The van der Waals surface area contributed by atoms with E-state index in [1.165, 1.54) is 11.1 Å². The van der Waals surface area contributed by atoms with E-state index in [4.69, 9.17) is 9.47 Å². The van der Waals surface area contributed by atoms with E-state index in [2.05, 4.69) is 36.5 Å². The van der Waals surface area contributed by atoms with Crippen molar-refractivity contribution in [3.05, 3.63) is 35.4 Å². The van der Waals surface area contributed by atoms with Gasteiger partial charge in [-0.05, 0) is 33.3 Å². The number of hydrogen-bond donors (Lipinski definition) is 1. The fraction of sp³-hybridized carbons (Fsp3) is 0.611. The summed E-state index contributed by atoms with van der Waals surface area (Å²) in [4.78, 5) is 13.9. The number of aryl methyl sites for hydroxylation is 1. The second-order valence-corrected chi connectivity index (χ2v) is 6.62. The van der Waals surface area contributed by atoms with Crippen LogP contribution in [0.2, 0.25) is 0 Å². The van der Waals surface area contributed by atoms with Crippen molar-refractivity contribution in [2.24, 2.45) is 0 Å². The third-order valence-electron chi connectivity index (χ3n) is 3.23. The Balaban J connectivity index is 2.41. The zero-order chi connectivity index (χ0) is 17.3. The smallest absolute Gasteiger partial charge is 0.410 e. The summed E-state index contributed by atoms with van der Waals surface area (Å²) in [7, 11) is 1.63. The lowest BCUT2D eigenvalue weighted by Crippen LogP contribution is -2.42. The molecule has 23 heavy (non-hydrogen) atoms. The van der Waals surface area contributed by atoms with Crippen LogP contribution in [-0.2, 0) is 16.0 Å². The molecule has 5 heteroatoms. The van der Waals surface area contributed by atoms with Crippen molar-refractivity contribution in [3.63, 3.8) is 0 Å². The second-order valence-electron chi connectivity index (χ2n) is 6.62. The minimum atomic E-state index is -0.488. The van der Waals surface area contributed by atoms with E-state index in [0.29, 0.717) is 26.2 Å². The molecule has 0 radical (unpaired) electrons. The molecule has 1 amide bonds. The van der Waals surface area contributed by atoms with Gasteiger partial charge in [0.15, 0.2) is 0 Å². The van der Waals surface area contributed by atoms with Crippen molar-refractivity contribution in [3.8, 4) is 0 Å². The van der Waals surface area contributed by atoms with E-state index < -0.39 is 5.60 Å². The van der Waals surface area contributed by atoms with E-state index in [9.17, 15) is 4.79 Å². The molecule has 0 atom stereocenters. The first-order valence-corrected chi connectivity index (χ1v) is 8.05. The molecule has 0 unspecified atom stereocenters. The SMILES string of the molecule is COCCN(CCNCc1ccc(C)cc1)C(=O)OC(C)(C)C. The molecule has 0 heterocycles. The number of hydrogen-bond acceptors (Lipinski definition) is 4. The molecule has 0 saturated heterocycles. The Kier molecular flexibility index (Phi) is 8.06. The number of benzene rings is 1. The molecular weight excluding hydrogens is 292 g/mol. The Morgan fingerprint density at radius 3 is 2.39 bits per heavy atom. The molecule has 0 aromatic heterocycles. The number of methoxy groups -OCH3 is 1. The van der Waals surface area contributed by atoms with Crippen LogP contribution in [0.5, 0.6) is 0 Å². The van der Waals surface area contributed by atoms with Crippen molar-refractivity contribution in [1.29, 1.82) is 0 Å². The standard InChI is InChI=1S/C18H30N2O3/c1-15-6-8-16(9-7-15)14-19-10-11-20(12-13-22-5)17(21)23-18(2,3)4/h6-9,19H,10-14H2,1-5H3. The molecule has 130 valence electrons. The van der Waals surface area contributed by atoms with Crippen LogP contribution in [0.1, 0.15) is 31.9 Å². The monoisotopic (exact) mass is 322 g/mol. The number of rotatable bonds is 8. The molecule has 0 aliphatic carbocycles. The second kappa shape index (κ2) is 9.53. The summed E-state index contributed by atoms with van der Waals surface area (Å²) in [6, 6.07) is 8.42. The Hall–Kier alpha value is -1.59. The minimum absolute atomic E-state index is 0.299. The van der Waals surface area contributed by atoms with Crippen molar-refractivity contribution < 1.29 is 14.3 Å². The molecule has 0 fully saturated rings. The van der Waals surface area contributed by atoms with Crippen LogP contribution in [0.3, 0.4) is 0 Å². The van der Waals surface area contributed by atoms with Crippen LogP contribution in [0.15, 0.2) is 24.3 Å². The molecule has 0 aliphatic heterocycles. The summed E-state index contributed by atoms with van der Waals surface area (Å²) >= 11 is 0. The van der Waals surface area contributed by atoms with E-state index >= 15 is 0 Å². The van der Waals surface area contributed by atoms with Crippen molar-refractivity contribution >= 4 is 6.09 Å². The van der Waals surface area contributed by atoms with Crippen LogP contribution in [0.25, 0.3) is 0 Å². The van der Waals surface area contributed by atoms with Gasteiger partial charge in [-0.25, -0.2) is 4.79 Å². The van der Waals surface area contributed by atoms with Gasteiger partial charge < -0.3 is 19.7 Å². The number of amides is 1. The molecule has 1 aromatic carbocycles. The highest BCUT2D eigenvalue weighted by Gasteiger charge is 2.21. The average molecular weight is 322 g/mol. The number of carbonyl (C=O) groups excluding carboxylic acids is 1. The van der Waals surface area contributed by atoms with Gasteiger partial charge in [0.05, 0.1) is 6.61 Å². The van der Waals surface area contributed by atoms with Gasteiger partial charge >= 0.3 is 6.09 Å². The summed E-state index contributed by atoms with van der Waals surface area (Å²) in [5, 5.41) is 3.36. The van der Waals surface area contributed by atoms with Gasteiger partial charge in [-0.15, -0.1) is 0 Å². The maximum absolute atomic E-state index is 12.2. The third-order valence-corrected chi connectivity index (χ3v) is 3.23. The molecule has 1 N–H and O–H groups in total. The lowest BCUT2D eigenvalue weighted by Gasteiger charge is -2.27. The van der Waals surface area contributed by atoms with Crippen molar-refractivity contribution in [1.82, 2.24) is 10.2 Å². The first-order valence-electron chi connectivity index (χ1n) is 8.05. The lowest BCUT2D eigenvalue weighted by molar-refractivity contribution is 0.0204. The van der Waals surface area contributed by atoms with Gasteiger partial charge in [-0.3, -0.25) is 0 Å². The largest absolute Gasteiger partial charge is 0.444 e. The van der Waals surface area contributed by atoms with E-state index in [0.717, 1.165) is 6.54 Å². The first kappa shape index (κ1) is 19.5. The fourth-order valence-electron chi connectivity index (χ4n) is 1.98. The maximum atomic E-state index is 12.2. The molecule has 0 saturated carbocycles. The zero-order valence-corrected chi connectivity index (χ0v) is 15.0. The minimum Gasteiger partial charge on any atom is -0.444 e. The predicted octanol–water partition coefficient (Wildman–Crippen LogP) is 2.97. The highest BCUT2D eigenvalue weighted by atomic mass is 16.6. The van der Waals surface area contributed by atoms with Crippen LogP contribution in [-0.4, -0.2) is 49.9 Å². The third kappa shape index (κ3) is 8.57. The summed E-state index contributed by atoms with van der Waals surface area (Å²) in [6.45, 7) is 10.8. The Morgan fingerprint density at radius 2 is 1.83 bits per heavy atom. The van der Waals surface area contributed by atoms with Gasteiger partial charge in [0.1, 0.15) is 5.60 Å². The van der Waals surface area contributed by atoms with Gasteiger partial charge in [-0.1, -0.05) is 29.8 Å². The topological polar surface area (TPSA) is 50.8 Å². The number of nitrogens with one attached hydrogen (secondary N) is 1. The van der Waals surface area contributed by atoms with Crippen molar-refractivity contribution in [2.75, 3.05) is 33.4 Å². The highest BCUT2D eigenvalue weighted by molar-refractivity contribution is 5.68. The molecule has 0 spiro atoms. The predicted molar refractivity (Wildman–Crippen MR) is 92.6 cm³/mol. The zero-order valence-electron chi connectivity index (χ0n) is 15.0. The van der Waals surface area contributed by atoms with E-state index in [1.54, 1.807) is 12.0 Å². The van der Waals surface area contributed by atoms with Gasteiger partial charge in [0, 0.05) is 33.3 Å². The van der Waals surface area contributed by atoms with Crippen LogP contribution in [0.4, 0.5) is 4.79 Å². The maximum Gasteiger partial charge on any atom is 0.410 e. The summed E-state index contributed by atoms with van der Waals surface area (Å²) in [6.07, 6.45) is -0.299. The Labute approximate surface area is 140 Å². The molecule has 5 nitrogen and oxygen atoms in total. The first-order chi connectivity index (χ1) is 10.8. The summed E-state index contributed by atoms with van der Waals surface area (Å²) < 4.78 is 10.5. The van der Waals surface area contributed by atoms with Gasteiger partial charge in [0.25, 0.3) is 0 Å². The molecule has 0 bridgehead atoms. The summed E-state index contributed by atoms with van der Waals surface area (Å²) in [5.41, 5.74) is 2.00. The lowest BCUT2D eigenvalue weighted by atomic mass is 10.1. The highest BCUT2D eigenvalue weighted by Crippen LogP contribution is 2.09. The van der Waals surface area contributed by atoms with Gasteiger partial charge in [-0.2, -0.15) is 0 Å². The average Bonchev–Trinajstić information content (AvgIpc) is 2.46. The summed E-state index contributed by atoms with van der Waals surface area (Å²) in [5.74, 6) is 0. The normalized spacial score (nSPS) is 11.3. The number of carbonyl (C=O) groups is 1. The molecule has 1 aromatic rings.